The molecule has 1 aromatic carbocycles. The molecule has 0 spiro atoms. The molecule has 0 aliphatic rings. The number of hydrogen-bond donors (Lipinski definition) is 1. The van der Waals surface area contributed by atoms with Gasteiger partial charge in [-0.25, -0.2) is 15.0 Å². The van der Waals surface area contributed by atoms with Gasteiger partial charge in [-0.05, 0) is 48.5 Å². The van der Waals surface area contributed by atoms with E-state index in [9.17, 15) is 13.2 Å². The van der Waals surface area contributed by atoms with Crippen LogP contribution in [0.25, 0.3) is 22.4 Å². The van der Waals surface area contributed by atoms with Crippen LogP contribution in [-0.2, 0) is 6.18 Å². The summed E-state index contributed by atoms with van der Waals surface area (Å²) in [5.74, 6) is 1.03. The SMILES string of the molecule is CC(C)c1nc(Nc2ccc(C(F)(F)F)cc2)c2ccc(-c3ncccc3Cl)nc2n1. The molecule has 5 nitrogen and oxygen atoms in total. The van der Waals surface area contributed by atoms with Gasteiger partial charge in [0.2, 0.25) is 0 Å². The van der Waals surface area contributed by atoms with Crippen molar-refractivity contribution < 1.29 is 13.2 Å². The average molecular weight is 444 g/mol. The molecule has 3 aromatic heterocycles. The fourth-order valence-corrected chi connectivity index (χ4v) is 3.18. The van der Waals surface area contributed by atoms with Gasteiger partial charge >= 0.3 is 6.18 Å². The summed E-state index contributed by atoms with van der Waals surface area (Å²) in [5, 5.41) is 4.18. The van der Waals surface area contributed by atoms with Crippen LogP contribution in [0.15, 0.2) is 54.7 Å². The lowest BCUT2D eigenvalue weighted by Crippen LogP contribution is -2.06. The average Bonchev–Trinajstić information content (AvgIpc) is 2.73. The third-order valence-electron chi connectivity index (χ3n) is 4.57. The van der Waals surface area contributed by atoms with Gasteiger partial charge in [-0.1, -0.05) is 25.4 Å². The van der Waals surface area contributed by atoms with Crippen molar-refractivity contribution in [1.82, 2.24) is 19.9 Å². The zero-order valence-corrected chi connectivity index (χ0v) is 17.3. The van der Waals surface area contributed by atoms with Crippen LogP contribution in [0.1, 0.15) is 31.2 Å². The van der Waals surface area contributed by atoms with Crippen molar-refractivity contribution in [2.75, 3.05) is 5.32 Å². The first-order valence-corrected chi connectivity index (χ1v) is 9.84. The standard InChI is InChI=1S/C22H17ClF3N5/c1-12(2)19-30-20(28-14-7-5-13(6-8-14)22(24,25)26)15-9-10-17(29-21(15)31-19)18-16(23)4-3-11-27-18/h3-12H,1-2H3,(H,28,29,30,31). The summed E-state index contributed by atoms with van der Waals surface area (Å²) < 4.78 is 38.5. The van der Waals surface area contributed by atoms with E-state index >= 15 is 0 Å². The number of alkyl halides is 3. The molecule has 1 N–H and O–H groups in total. The van der Waals surface area contributed by atoms with E-state index < -0.39 is 11.7 Å². The molecule has 4 aromatic rings. The topological polar surface area (TPSA) is 63.6 Å². The van der Waals surface area contributed by atoms with Crippen molar-refractivity contribution in [3.05, 3.63) is 71.1 Å². The Morgan fingerprint density at radius 1 is 0.935 bits per heavy atom. The number of aromatic nitrogens is 4. The third kappa shape index (κ3) is 4.44. The van der Waals surface area contributed by atoms with Gasteiger partial charge in [0.15, 0.2) is 5.65 Å². The predicted octanol–water partition coefficient (Wildman–Crippen LogP) is 6.63. The normalized spacial score (nSPS) is 11.8. The van der Waals surface area contributed by atoms with E-state index in [0.29, 0.717) is 44.8 Å². The largest absolute Gasteiger partial charge is 0.416 e. The van der Waals surface area contributed by atoms with Crippen LogP contribution in [0.5, 0.6) is 0 Å². The second-order valence-corrected chi connectivity index (χ2v) is 7.59. The minimum absolute atomic E-state index is 0.0152. The van der Waals surface area contributed by atoms with Gasteiger partial charge in [-0.15, -0.1) is 0 Å². The van der Waals surface area contributed by atoms with Crippen LogP contribution in [-0.4, -0.2) is 19.9 Å². The molecule has 158 valence electrons. The fraction of sp³-hybridized carbons (Fsp3) is 0.182. The second-order valence-electron chi connectivity index (χ2n) is 7.19. The zero-order chi connectivity index (χ0) is 22.2. The van der Waals surface area contributed by atoms with Crippen molar-refractivity contribution in [2.24, 2.45) is 0 Å². The van der Waals surface area contributed by atoms with E-state index in [0.717, 1.165) is 12.1 Å². The minimum Gasteiger partial charge on any atom is -0.340 e. The highest BCUT2D eigenvalue weighted by atomic mass is 35.5. The summed E-state index contributed by atoms with van der Waals surface area (Å²) in [6.45, 7) is 3.89. The highest BCUT2D eigenvalue weighted by molar-refractivity contribution is 6.32. The molecule has 0 saturated heterocycles. The van der Waals surface area contributed by atoms with Crippen LogP contribution in [0, 0.1) is 0 Å². The first-order valence-electron chi connectivity index (χ1n) is 9.46. The Bertz CT molecular complexity index is 1240. The first kappa shape index (κ1) is 21.0. The van der Waals surface area contributed by atoms with Gasteiger partial charge in [0.05, 0.1) is 21.7 Å². The number of benzene rings is 1. The first-order chi connectivity index (χ1) is 14.7. The van der Waals surface area contributed by atoms with Crippen molar-refractivity contribution in [2.45, 2.75) is 25.9 Å². The number of hydrogen-bond acceptors (Lipinski definition) is 5. The maximum atomic E-state index is 12.8. The summed E-state index contributed by atoms with van der Waals surface area (Å²) in [6.07, 6.45) is -2.76. The van der Waals surface area contributed by atoms with Gasteiger partial charge in [-0.3, -0.25) is 4.98 Å². The van der Waals surface area contributed by atoms with Gasteiger partial charge in [0, 0.05) is 17.8 Å². The minimum atomic E-state index is -4.39. The van der Waals surface area contributed by atoms with E-state index in [1.54, 1.807) is 30.5 Å². The molecular weight excluding hydrogens is 427 g/mol. The second kappa shape index (κ2) is 8.11. The fourth-order valence-electron chi connectivity index (χ4n) is 2.97. The maximum absolute atomic E-state index is 12.8. The Morgan fingerprint density at radius 3 is 2.32 bits per heavy atom. The molecule has 0 radical (unpaired) electrons. The molecule has 0 saturated carbocycles. The lowest BCUT2D eigenvalue weighted by atomic mass is 10.1. The van der Waals surface area contributed by atoms with Crippen LogP contribution in [0.3, 0.4) is 0 Å². The van der Waals surface area contributed by atoms with Crippen molar-refractivity contribution >= 4 is 34.1 Å². The number of anilines is 2. The van der Waals surface area contributed by atoms with Gasteiger partial charge in [-0.2, -0.15) is 13.2 Å². The van der Waals surface area contributed by atoms with Crippen LogP contribution < -0.4 is 5.32 Å². The van der Waals surface area contributed by atoms with Crippen LogP contribution in [0.4, 0.5) is 24.7 Å². The lowest BCUT2D eigenvalue weighted by molar-refractivity contribution is -0.137. The Kier molecular flexibility index (Phi) is 5.49. The maximum Gasteiger partial charge on any atom is 0.416 e. The Labute approximate surface area is 181 Å². The van der Waals surface area contributed by atoms with Gasteiger partial charge < -0.3 is 5.32 Å². The molecule has 31 heavy (non-hydrogen) atoms. The molecule has 0 fully saturated rings. The summed E-state index contributed by atoms with van der Waals surface area (Å²) >= 11 is 6.25. The van der Waals surface area contributed by atoms with Crippen molar-refractivity contribution in [3.8, 4) is 11.4 Å². The quantitative estimate of drug-likeness (QED) is 0.383. The molecular formula is C22H17ClF3N5. The molecule has 0 unspecified atom stereocenters. The molecule has 4 rings (SSSR count). The number of halogens is 4. The zero-order valence-electron chi connectivity index (χ0n) is 16.6. The van der Waals surface area contributed by atoms with Crippen molar-refractivity contribution in [1.29, 1.82) is 0 Å². The number of pyridine rings is 2. The molecule has 0 aliphatic carbocycles. The summed E-state index contributed by atoms with van der Waals surface area (Å²) in [7, 11) is 0. The predicted molar refractivity (Wildman–Crippen MR) is 114 cm³/mol. The van der Waals surface area contributed by atoms with Crippen LogP contribution >= 0.6 is 11.6 Å². The van der Waals surface area contributed by atoms with E-state index in [-0.39, 0.29) is 5.92 Å². The van der Waals surface area contributed by atoms with Gasteiger partial charge in [0.1, 0.15) is 17.3 Å². The Morgan fingerprint density at radius 2 is 1.68 bits per heavy atom. The highest BCUT2D eigenvalue weighted by Crippen LogP contribution is 2.32. The lowest BCUT2D eigenvalue weighted by Gasteiger charge is -2.13. The third-order valence-corrected chi connectivity index (χ3v) is 4.87. The number of nitrogens with zero attached hydrogens (tertiary/aromatic N) is 4. The van der Waals surface area contributed by atoms with Crippen molar-refractivity contribution in [3.63, 3.8) is 0 Å². The molecule has 9 heteroatoms. The summed E-state index contributed by atoms with van der Waals surface area (Å²) in [5.41, 5.74) is 1.29. The van der Waals surface area contributed by atoms with E-state index in [2.05, 4.69) is 25.3 Å². The molecule has 0 aliphatic heterocycles. The number of fused-ring (bicyclic) bond motifs is 1. The number of rotatable bonds is 4. The summed E-state index contributed by atoms with van der Waals surface area (Å²) in [6, 6.07) is 11.8. The highest BCUT2D eigenvalue weighted by Gasteiger charge is 2.30. The molecule has 0 amide bonds. The number of nitrogens with one attached hydrogen (secondary N) is 1. The molecule has 3 heterocycles. The van der Waals surface area contributed by atoms with Gasteiger partial charge in [0.25, 0.3) is 0 Å². The Balaban J connectivity index is 1.78. The van der Waals surface area contributed by atoms with Crippen LogP contribution in [0.2, 0.25) is 5.02 Å². The van der Waals surface area contributed by atoms with E-state index in [4.69, 9.17) is 11.6 Å². The van der Waals surface area contributed by atoms with E-state index in [1.165, 1.54) is 12.1 Å². The van der Waals surface area contributed by atoms with E-state index in [1.807, 2.05) is 13.8 Å². The molecule has 0 bridgehead atoms. The smallest absolute Gasteiger partial charge is 0.340 e. The molecule has 0 atom stereocenters. The monoisotopic (exact) mass is 443 g/mol. The summed E-state index contributed by atoms with van der Waals surface area (Å²) in [4.78, 5) is 18.0. The Hall–Kier alpha value is -3.26.